The van der Waals surface area contributed by atoms with Crippen LogP contribution < -0.4 is 0 Å². The van der Waals surface area contributed by atoms with E-state index in [1.54, 1.807) is 0 Å². The van der Waals surface area contributed by atoms with Crippen molar-refractivity contribution >= 4 is 0 Å². The zero-order chi connectivity index (χ0) is 62.0. The average molecular weight is 1090 g/mol. The van der Waals surface area contributed by atoms with Crippen LogP contribution in [-0.2, 0) is 0 Å². The molecule has 4 aliphatic rings. The van der Waals surface area contributed by atoms with Gasteiger partial charge in [0.25, 0.3) is 0 Å². The maximum absolute atomic E-state index is 2.36. The fourth-order valence-corrected chi connectivity index (χ4v) is 8.47. The predicted octanol–water partition coefficient (Wildman–Crippen LogP) is 29.5. The van der Waals surface area contributed by atoms with E-state index in [1.807, 2.05) is 0 Å². The topological polar surface area (TPSA) is 0 Å². The third-order valence-corrected chi connectivity index (χ3v) is 20.4. The lowest BCUT2D eigenvalue weighted by Crippen LogP contribution is -2.12. The number of hydrogen-bond acceptors (Lipinski definition) is 0. The molecule has 0 heteroatoms. The van der Waals surface area contributed by atoms with Crippen molar-refractivity contribution in [3.8, 4) is 0 Å². The first-order valence-electron chi connectivity index (χ1n) is 35.4. The largest absolute Gasteiger partial charge is 0.0654 e. The molecule has 0 heterocycles. The van der Waals surface area contributed by atoms with Gasteiger partial charge in [0.2, 0.25) is 0 Å². The second-order valence-corrected chi connectivity index (χ2v) is 30.9. The van der Waals surface area contributed by atoms with Gasteiger partial charge in [0.1, 0.15) is 0 Å². The Hall–Kier alpha value is 0. The Morgan fingerprint density at radius 3 is 0.792 bits per heavy atom. The molecule has 0 aromatic heterocycles. The first-order valence-corrected chi connectivity index (χ1v) is 35.4. The van der Waals surface area contributed by atoms with E-state index in [4.69, 9.17) is 0 Å². The molecule has 4 aliphatic carbocycles. The summed E-state index contributed by atoms with van der Waals surface area (Å²) in [5.41, 5.74) is 2.36. The highest BCUT2D eigenvalue weighted by Crippen LogP contribution is 2.36. The lowest BCUT2D eigenvalue weighted by atomic mass is 9.84. The van der Waals surface area contributed by atoms with E-state index in [1.165, 1.54) is 173 Å². The van der Waals surface area contributed by atoms with Gasteiger partial charge in [-0.3, -0.25) is 0 Å². The van der Waals surface area contributed by atoms with Crippen LogP contribution >= 0.6 is 0 Å². The van der Waals surface area contributed by atoms with Gasteiger partial charge < -0.3 is 0 Å². The maximum atomic E-state index is 2.36. The third kappa shape index (κ3) is 70.2. The molecule has 0 radical (unpaired) electrons. The van der Waals surface area contributed by atoms with E-state index >= 15 is 0 Å². The molecule has 0 spiro atoms. The summed E-state index contributed by atoms with van der Waals surface area (Å²) in [7, 11) is 0. The van der Waals surface area contributed by atoms with E-state index in [0.717, 1.165) is 71.0 Å². The van der Waals surface area contributed by atoms with E-state index in [0.29, 0.717) is 21.7 Å². The monoisotopic (exact) mass is 1090 g/mol. The fourth-order valence-electron chi connectivity index (χ4n) is 8.47. The van der Waals surface area contributed by atoms with Gasteiger partial charge >= 0.3 is 0 Å². The standard InChI is InChI=1S/4C7H14.7C7H16/c1-6-3-4-7(2)5-6;1-7(2)5-3-4-6-7;1-6-4-3-5-7(6)2;1-7-5-3-2-4-6-7;1-6(2)7(3,4)5;2*1-5-7(3,4)6-2;2*1-5-7(4)6(2)3;1-4-6-7(3)5-2;1-4-7(5-2)6-3/h6-7H,3-5H2,1-2H3;3-6H2,1-2H3;6-7H,3-5H2,1-2H3;7H,2-6H2,1H3;6H,1-5H3;2*5-6H2,1-4H3;2*6-7H,5H2,1-4H3;2*7H,4-6H2,1-3H3/t6-,7?;;6-,7?;;;;;;;;/m1.1......../s1. The lowest BCUT2D eigenvalue weighted by Gasteiger charge is -2.22. The fraction of sp³-hybridized carbons (Fsp3) is 1.00. The second kappa shape index (κ2) is 56.5. The summed E-state index contributed by atoms with van der Waals surface area (Å²) in [5.74, 6) is 11.4. The molecule has 7 atom stereocenters. The van der Waals surface area contributed by atoms with Crippen molar-refractivity contribution in [1.82, 2.24) is 0 Å². The summed E-state index contributed by atoms with van der Waals surface area (Å²) < 4.78 is 0. The average Bonchev–Trinajstić information content (AvgIpc) is 4.11. The molecular weight excluding hydrogens is 925 g/mol. The molecule has 4 rings (SSSR count). The lowest BCUT2D eigenvalue weighted by molar-refractivity contribution is 0.283. The molecule has 0 nitrogen and oxygen atoms in total. The van der Waals surface area contributed by atoms with Gasteiger partial charge in [-0.2, -0.15) is 0 Å². The van der Waals surface area contributed by atoms with Crippen LogP contribution in [0.5, 0.6) is 0 Å². The predicted molar refractivity (Wildman–Crippen MR) is 369 cm³/mol. The highest BCUT2D eigenvalue weighted by molar-refractivity contribution is 4.74. The first kappa shape index (κ1) is 90.8. The van der Waals surface area contributed by atoms with E-state index in [-0.39, 0.29) is 0 Å². The van der Waals surface area contributed by atoms with Crippen LogP contribution in [0.15, 0.2) is 0 Å². The van der Waals surface area contributed by atoms with Crippen molar-refractivity contribution < 1.29 is 0 Å². The van der Waals surface area contributed by atoms with Gasteiger partial charge in [0.15, 0.2) is 0 Å². The van der Waals surface area contributed by atoms with Crippen LogP contribution in [0.3, 0.4) is 0 Å². The minimum Gasteiger partial charge on any atom is -0.0654 e. The van der Waals surface area contributed by atoms with Crippen molar-refractivity contribution in [2.75, 3.05) is 0 Å². The highest BCUT2D eigenvalue weighted by Gasteiger charge is 2.22. The summed E-state index contributed by atoms with van der Waals surface area (Å²) in [4.78, 5) is 0. The first-order chi connectivity index (χ1) is 35.4. The minimum atomic E-state index is 0.500. The molecule has 0 bridgehead atoms. The van der Waals surface area contributed by atoms with Gasteiger partial charge in [-0.05, 0) is 112 Å². The van der Waals surface area contributed by atoms with Crippen LogP contribution in [-0.4, -0.2) is 0 Å². The number of rotatable bonds is 14. The van der Waals surface area contributed by atoms with Crippen molar-refractivity contribution in [1.29, 1.82) is 0 Å². The molecular formula is C77H168. The Morgan fingerprint density at radius 1 is 0.390 bits per heavy atom. The highest BCUT2D eigenvalue weighted by atomic mass is 14.3. The molecule has 0 aliphatic heterocycles. The molecule has 77 heavy (non-hydrogen) atoms. The number of hydrogen-bond donors (Lipinski definition) is 0. The molecule has 476 valence electrons. The second-order valence-electron chi connectivity index (χ2n) is 30.9. The smallest absolute Gasteiger partial charge is 0.0354 e. The summed E-state index contributed by atoms with van der Waals surface area (Å²) in [5, 5.41) is 0. The molecule has 4 saturated carbocycles. The molecule has 5 unspecified atom stereocenters. The Bertz CT molecular complexity index is 991. The minimum absolute atomic E-state index is 0.500. The third-order valence-electron chi connectivity index (χ3n) is 20.4. The van der Waals surface area contributed by atoms with Crippen molar-refractivity contribution in [2.24, 2.45) is 92.7 Å². The van der Waals surface area contributed by atoms with Gasteiger partial charge in [0.05, 0.1) is 0 Å². The Morgan fingerprint density at radius 2 is 0.714 bits per heavy atom. The quantitative estimate of drug-likeness (QED) is 0.163. The van der Waals surface area contributed by atoms with Crippen LogP contribution in [0.1, 0.15) is 409 Å². The normalized spacial score (nSPS) is 20.8. The zero-order valence-electron chi connectivity index (χ0n) is 62.0. The van der Waals surface area contributed by atoms with Gasteiger partial charge in [0, 0.05) is 0 Å². The molecule has 0 aromatic rings. The summed E-state index contributed by atoms with van der Waals surface area (Å²) in [6.07, 6.45) is 38.1. The molecule has 0 saturated heterocycles. The molecule has 4 fully saturated rings. The zero-order valence-corrected chi connectivity index (χ0v) is 62.0. The van der Waals surface area contributed by atoms with E-state index in [9.17, 15) is 0 Å². The van der Waals surface area contributed by atoms with Crippen LogP contribution in [0.4, 0.5) is 0 Å². The molecule has 0 N–H and O–H groups in total. The Labute approximate surface area is 499 Å². The van der Waals surface area contributed by atoms with Gasteiger partial charge in [-0.25, -0.2) is 0 Å². The van der Waals surface area contributed by atoms with Gasteiger partial charge in [-0.15, -0.1) is 0 Å². The van der Waals surface area contributed by atoms with Crippen LogP contribution in [0.25, 0.3) is 0 Å². The SMILES string of the molecule is CC(C)C(C)(C)C.CC1(C)CCCC1.CC1CCCCC1.CC1CCC[C@H]1C.CC1CC[C@@H](C)C1.CCC(C)(C)CC.CCC(C)(C)CC.CCC(C)C(C)C.CCC(C)C(C)C.CCC(CC)CC.CCCC(C)CC. The van der Waals surface area contributed by atoms with Crippen molar-refractivity contribution in [2.45, 2.75) is 409 Å². The van der Waals surface area contributed by atoms with Gasteiger partial charge in [-0.1, -0.05) is 390 Å². The molecule has 0 amide bonds. The summed E-state index contributed by atoms with van der Waals surface area (Å²) in [6.45, 7) is 77.7. The van der Waals surface area contributed by atoms with Crippen molar-refractivity contribution in [3.05, 3.63) is 0 Å². The van der Waals surface area contributed by atoms with Crippen molar-refractivity contribution in [3.63, 3.8) is 0 Å². The summed E-state index contributed by atoms with van der Waals surface area (Å²) >= 11 is 0. The maximum Gasteiger partial charge on any atom is -0.0354 e. The van der Waals surface area contributed by atoms with E-state index < -0.39 is 0 Å². The van der Waals surface area contributed by atoms with E-state index in [2.05, 4.69) is 235 Å². The summed E-state index contributed by atoms with van der Waals surface area (Å²) in [6, 6.07) is 0. The van der Waals surface area contributed by atoms with Crippen LogP contribution in [0, 0.1) is 92.7 Å². The Kier molecular flexibility index (Phi) is 66.6. The van der Waals surface area contributed by atoms with Crippen LogP contribution in [0.2, 0.25) is 0 Å². The molecule has 0 aromatic carbocycles. The Balaban J connectivity index is -0.000000140.